The first-order chi connectivity index (χ1) is 5.63. The molecule has 0 unspecified atom stereocenters. The number of carbonyl (C=O) groups excluding carboxylic acids is 3. The van der Waals surface area contributed by atoms with Gasteiger partial charge in [-0.25, -0.2) is 0 Å². The molecule has 68 valence electrons. The van der Waals surface area contributed by atoms with E-state index >= 15 is 0 Å². The Labute approximate surface area is 71.9 Å². The maximum atomic E-state index is 10.7. The van der Waals surface area contributed by atoms with Crippen LogP contribution in [0.2, 0.25) is 0 Å². The standard InChI is InChI=1S/C7H13NO.CO2/c1-4-6-8(3)7(9)5-2;2-1-3/h5H,2,4,6H2,1,3H3;. The molecule has 0 atom stereocenters. The van der Waals surface area contributed by atoms with E-state index in [0.717, 1.165) is 13.0 Å². The average molecular weight is 171 g/mol. The fourth-order valence-corrected chi connectivity index (χ4v) is 0.601. The number of nitrogens with zero attached hydrogens (tertiary/aromatic N) is 1. The highest BCUT2D eigenvalue weighted by molar-refractivity contribution is 5.86. The van der Waals surface area contributed by atoms with Crippen molar-refractivity contribution < 1.29 is 14.4 Å². The number of hydrogen-bond donors (Lipinski definition) is 0. The number of hydrogen-bond acceptors (Lipinski definition) is 3. The number of amides is 1. The normalized spacial score (nSPS) is 7.17. The fourth-order valence-electron chi connectivity index (χ4n) is 0.601. The second kappa shape index (κ2) is 9.59. The van der Waals surface area contributed by atoms with Gasteiger partial charge in [0.2, 0.25) is 5.91 Å². The molecule has 0 aromatic rings. The van der Waals surface area contributed by atoms with Crippen molar-refractivity contribution in [2.45, 2.75) is 13.3 Å². The second-order valence-electron chi connectivity index (χ2n) is 2.05. The number of rotatable bonds is 3. The Hall–Kier alpha value is -1.41. The molecule has 0 aliphatic carbocycles. The second-order valence-corrected chi connectivity index (χ2v) is 2.05. The molecule has 4 heteroatoms. The molecule has 0 aliphatic rings. The van der Waals surface area contributed by atoms with Gasteiger partial charge in [-0.15, -0.1) is 0 Å². The molecule has 1 amide bonds. The van der Waals surface area contributed by atoms with E-state index in [0.29, 0.717) is 0 Å². The third-order valence-corrected chi connectivity index (χ3v) is 1.11. The lowest BCUT2D eigenvalue weighted by molar-refractivity contribution is -0.191. The quantitative estimate of drug-likeness (QED) is 0.579. The molecule has 0 heterocycles. The Morgan fingerprint density at radius 3 is 2.25 bits per heavy atom. The molecule has 0 saturated carbocycles. The van der Waals surface area contributed by atoms with Crippen LogP contribution in [0.15, 0.2) is 12.7 Å². The molecule has 12 heavy (non-hydrogen) atoms. The zero-order valence-corrected chi connectivity index (χ0v) is 7.37. The Morgan fingerprint density at radius 2 is 2.00 bits per heavy atom. The highest BCUT2D eigenvalue weighted by Crippen LogP contribution is 1.86. The van der Waals surface area contributed by atoms with E-state index in [-0.39, 0.29) is 12.1 Å². The molecular weight excluding hydrogens is 158 g/mol. The van der Waals surface area contributed by atoms with Crippen molar-refractivity contribution >= 4 is 12.1 Å². The van der Waals surface area contributed by atoms with Crippen LogP contribution in [0.1, 0.15) is 13.3 Å². The van der Waals surface area contributed by atoms with Crippen LogP contribution in [0, 0.1) is 0 Å². The van der Waals surface area contributed by atoms with E-state index in [4.69, 9.17) is 9.59 Å². The van der Waals surface area contributed by atoms with Gasteiger partial charge in [-0.2, -0.15) is 9.59 Å². The zero-order chi connectivity index (χ0) is 9.98. The SMILES string of the molecule is C=CC(=O)N(C)CCC.O=C=O. The van der Waals surface area contributed by atoms with Gasteiger partial charge in [-0.3, -0.25) is 4.79 Å². The van der Waals surface area contributed by atoms with Gasteiger partial charge in [0, 0.05) is 13.6 Å². The van der Waals surface area contributed by atoms with Crippen LogP contribution in [0.5, 0.6) is 0 Å². The van der Waals surface area contributed by atoms with Crippen LogP contribution in [0.4, 0.5) is 0 Å². The van der Waals surface area contributed by atoms with Crippen LogP contribution in [-0.2, 0) is 14.4 Å². The summed E-state index contributed by atoms with van der Waals surface area (Å²) in [6.07, 6.45) is 2.58. The fraction of sp³-hybridized carbons (Fsp3) is 0.500. The van der Waals surface area contributed by atoms with Crippen LogP contribution in [0.25, 0.3) is 0 Å². The van der Waals surface area contributed by atoms with Crippen molar-refractivity contribution in [2.75, 3.05) is 13.6 Å². The molecule has 4 nitrogen and oxygen atoms in total. The summed E-state index contributed by atoms with van der Waals surface area (Å²) in [6.45, 7) is 6.22. The summed E-state index contributed by atoms with van der Waals surface area (Å²) in [5, 5.41) is 0. The molecule has 0 aromatic carbocycles. The summed E-state index contributed by atoms with van der Waals surface area (Å²) in [7, 11) is 1.77. The van der Waals surface area contributed by atoms with Crippen LogP contribution in [-0.4, -0.2) is 30.6 Å². The highest BCUT2D eigenvalue weighted by Gasteiger charge is 1.99. The first-order valence-corrected chi connectivity index (χ1v) is 3.50. The van der Waals surface area contributed by atoms with Crippen molar-refractivity contribution in [3.8, 4) is 0 Å². The van der Waals surface area contributed by atoms with Gasteiger partial charge in [0.25, 0.3) is 0 Å². The van der Waals surface area contributed by atoms with Gasteiger partial charge in [-0.05, 0) is 12.5 Å². The van der Waals surface area contributed by atoms with Gasteiger partial charge < -0.3 is 4.90 Å². The lowest BCUT2D eigenvalue weighted by Gasteiger charge is -2.12. The van der Waals surface area contributed by atoms with Crippen molar-refractivity contribution in [1.29, 1.82) is 0 Å². The van der Waals surface area contributed by atoms with Gasteiger partial charge in [0.1, 0.15) is 0 Å². The van der Waals surface area contributed by atoms with Gasteiger partial charge in [0.15, 0.2) is 0 Å². The van der Waals surface area contributed by atoms with Crippen LogP contribution < -0.4 is 0 Å². The predicted octanol–water partition coefficient (Wildman–Crippen LogP) is 0.457. The summed E-state index contributed by atoms with van der Waals surface area (Å²) in [4.78, 5) is 28.6. The molecule has 0 saturated heterocycles. The van der Waals surface area contributed by atoms with Crippen LogP contribution in [0.3, 0.4) is 0 Å². The van der Waals surface area contributed by atoms with Gasteiger partial charge in [-0.1, -0.05) is 13.5 Å². The number of likely N-dealkylation sites (N-methyl/N-ethyl adjacent to an activating group) is 1. The summed E-state index contributed by atoms with van der Waals surface area (Å²) < 4.78 is 0. The smallest absolute Gasteiger partial charge is 0.342 e. The van der Waals surface area contributed by atoms with Gasteiger partial charge in [0.05, 0.1) is 0 Å². The van der Waals surface area contributed by atoms with E-state index in [1.165, 1.54) is 6.08 Å². The Kier molecular flexibility index (Phi) is 10.5. The monoisotopic (exact) mass is 171 g/mol. The maximum Gasteiger partial charge on any atom is 0.373 e. The molecule has 0 aromatic heterocycles. The lowest BCUT2D eigenvalue weighted by Crippen LogP contribution is -2.24. The third kappa shape index (κ3) is 8.59. The minimum atomic E-state index is -0.00292. The van der Waals surface area contributed by atoms with Crippen molar-refractivity contribution in [3.63, 3.8) is 0 Å². The Morgan fingerprint density at radius 1 is 1.58 bits per heavy atom. The Balaban J connectivity index is 0. The first-order valence-electron chi connectivity index (χ1n) is 3.50. The molecule has 0 rings (SSSR count). The zero-order valence-electron chi connectivity index (χ0n) is 7.37. The summed E-state index contributed by atoms with van der Waals surface area (Å²) in [6, 6.07) is 0. The van der Waals surface area contributed by atoms with E-state index < -0.39 is 0 Å². The topological polar surface area (TPSA) is 54.5 Å². The molecule has 0 N–H and O–H groups in total. The van der Waals surface area contributed by atoms with E-state index in [1.54, 1.807) is 11.9 Å². The maximum absolute atomic E-state index is 10.7. The first kappa shape index (κ1) is 13.2. The van der Waals surface area contributed by atoms with Crippen LogP contribution >= 0.6 is 0 Å². The minimum Gasteiger partial charge on any atom is -0.342 e. The summed E-state index contributed by atoms with van der Waals surface area (Å²) >= 11 is 0. The largest absolute Gasteiger partial charge is 0.373 e. The molecule has 0 radical (unpaired) electrons. The molecule has 0 bridgehead atoms. The van der Waals surface area contributed by atoms with E-state index in [2.05, 4.69) is 6.58 Å². The lowest BCUT2D eigenvalue weighted by atomic mass is 10.4. The third-order valence-electron chi connectivity index (χ3n) is 1.11. The summed E-state index contributed by atoms with van der Waals surface area (Å²) in [5.41, 5.74) is 0. The predicted molar refractivity (Wildman–Crippen MR) is 43.1 cm³/mol. The average Bonchev–Trinajstić information content (AvgIpc) is 2.05. The van der Waals surface area contributed by atoms with E-state index in [1.807, 2.05) is 6.92 Å². The molecular formula is C8H13NO3. The molecule has 0 fully saturated rings. The molecule has 0 aliphatic heterocycles. The van der Waals surface area contributed by atoms with Gasteiger partial charge >= 0.3 is 6.15 Å². The highest BCUT2D eigenvalue weighted by atomic mass is 16.2. The number of carbonyl (C=O) groups is 1. The Bertz CT molecular complexity index is 171. The molecule has 0 spiro atoms. The van der Waals surface area contributed by atoms with Crippen molar-refractivity contribution in [1.82, 2.24) is 4.90 Å². The van der Waals surface area contributed by atoms with Crippen molar-refractivity contribution in [2.24, 2.45) is 0 Å². The van der Waals surface area contributed by atoms with Crippen molar-refractivity contribution in [3.05, 3.63) is 12.7 Å². The van der Waals surface area contributed by atoms with E-state index in [9.17, 15) is 4.79 Å². The summed E-state index contributed by atoms with van der Waals surface area (Å²) in [5.74, 6) is -0.00292. The minimum absolute atomic E-state index is 0.00292.